The lowest BCUT2D eigenvalue weighted by Crippen LogP contribution is -1.89. The average Bonchev–Trinajstić information content (AvgIpc) is 2.37. The first-order valence-corrected chi connectivity index (χ1v) is 8.54. The molecule has 2 aromatic rings. The molecule has 0 aliphatic heterocycles. The summed E-state index contributed by atoms with van der Waals surface area (Å²) in [5.74, 6) is 1.37. The van der Waals surface area contributed by atoms with Crippen molar-refractivity contribution in [2.75, 3.05) is 17.2 Å². The molecule has 0 bridgehead atoms. The third kappa shape index (κ3) is 4.77. The molecule has 1 nitrogen and oxygen atoms in total. The molecule has 0 saturated carbocycles. The average molecular weight is 348 g/mol. The second kappa shape index (κ2) is 7.46. The van der Waals surface area contributed by atoms with E-state index in [4.69, 9.17) is 28.9 Å². The van der Waals surface area contributed by atoms with Crippen molar-refractivity contribution in [2.24, 2.45) is 0 Å². The van der Waals surface area contributed by atoms with Gasteiger partial charge in [0.1, 0.15) is 5.82 Å². The van der Waals surface area contributed by atoms with Gasteiger partial charge in [-0.3, -0.25) is 0 Å². The number of hydrogen-bond donors (Lipinski definition) is 1. The normalized spacial score (nSPS) is 10.8. The minimum Gasteiger partial charge on any atom is -0.399 e. The van der Waals surface area contributed by atoms with Gasteiger partial charge in [0.2, 0.25) is 0 Å². The molecular weight excluding hydrogens is 336 g/mol. The van der Waals surface area contributed by atoms with Crippen molar-refractivity contribution >= 4 is 52.4 Å². The maximum absolute atomic E-state index is 13.2. The van der Waals surface area contributed by atoms with Crippen molar-refractivity contribution < 1.29 is 4.39 Å². The van der Waals surface area contributed by atoms with Crippen LogP contribution >= 0.6 is 46.7 Å². The Hall–Kier alpha value is -0.550. The quantitative estimate of drug-likeness (QED) is 0.433. The Labute approximate surface area is 136 Å². The fourth-order valence-corrected chi connectivity index (χ4v) is 4.04. The molecule has 2 N–H and O–H groups in total. The van der Waals surface area contributed by atoms with Crippen molar-refractivity contribution in [2.45, 2.75) is 9.79 Å². The Morgan fingerprint density at radius 3 is 2.50 bits per heavy atom. The van der Waals surface area contributed by atoms with Gasteiger partial charge in [0.05, 0.1) is 5.02 Å². The lowest BCUT2D eigenvalue weighted by Gasteiger charge is -2.05. The van der Waals surface area contributed by atoms with Gasteiger partial charge in [0.25, 0.3) is 0 Å². The van der Waals surface area contributed by atoms with E-state index in [2.05, 4.69) is 0 Å². The molecule has 2 rings (SSSR count). The number of thioether (sulfide) groups is 2. The number of benzene rings is 2. The second-order valence-electron chi connectivity index (χ2n) is 3.99. The zero-order valence-electron chi connectivity index (χ0n) is 10.4. The molecule has 0 fully saturated rings. The van der Waals surface area contributed by atoms with Gasteiger partial charge >= 0.3 is 0 Å². The largest absolute Gasteiger partial charge is 0.399 e. The van der Waals surface area contributed by atoms with Crippen LogP contribution in [0.25, 0.3) is 0 Å². The summed E-state index contributed by atoms with van der Waals surface area (Å²) in [5.41, 5.74) is 6.04. The Bertz CT molecular complexity index is 587. The van der Waals surface area contributed by atoms with E-state index in [0.29, 0.717) is 15.7 Å². The Kier molecular flexibility index (Phi) is 5.90. The fraction of sp³-hybridized carbons (Fsp3) is 0.143. The SMILES string of the molecule is Nc1cc(F)cc(SCCSc2cc(Cl)ccc2Cl)c1. The van der Waals surface area contributed by atoms with Crippen LogP contribution < -0.4 is 5.73 Å². The van der Waals surface area contributed by atoms with Gasteiger partial charge in [-0.1, -0.05) is 23.2 Å². The molecule has 6 heteroatoms. The summed E-state index contributed by atoms with van der Waals surface area (Å²) in [7, 11) is 0. The monoisotopic (exact) mass is 347 g/mol. The minimum absolute atomic E-state index is 0.307. The number of rotatable bonds is 5. The molecule has 0 unspecified atom stereocenters. The molecule has 0 radical (unpaired) electrons. The van der Waals surface area contributed by atoms with Crippen LogP contribution in [-0.2, 0) is 0 Å². The summed E-state index contributed by atoms with van der Waals surface area (Å²) in [6.07, 6.45) is 0. The highest BCUT2D eigenvalue weighted by molar-refractivity contribution is 8.03. The smallest absolute Gasteiger partial charge is 0.126 e. The Balaban J connectivity index is 1.86. The third-order valence-corrected chi connectivity index (χ3v) is 5.37. The van der Waals surface area contributed by atoms with Gasteiger partial charge in [-0.2, -0.15) is 0 Å². The van der Waals surface area contributed by atoms with Crippen LogP contribution in [0, 0.1) is 5.82 Å². The Morgan fingerprint density at radius 1 is 1.00 bits per heavy atom. The van der Waals surface area contributed by atoms with Crippen LogP contribution in [-0.4, -0.2) is 11.5 Å². The van der Waals surface area contributed by atoms with E-state index in [0.717, 1.165) is 21.3 Å². The summed E-state index contributed by atoms with van der Waals surface area (Å²) >= 11 is 15.2. The molecule has 0 aromatic heterocycles. The summed E-state index contributed by atoms with van der Waals surface area (Å²) in [4.78, 5) is 1.79. The van der Waals surface area contributed by atoms with Gasteiger partial charge in [0, 0.05) is 32.0 Å². The fourth-order valence-electron chi connectivity index (χ4n) is 1.57. The van der Waals surface area contributed by atoms with Gasteiger partial charge in [-0.15, -0.1) is 23.5 Å². The predicted molar refractivity (Wildman–Crippen MR) is 88.7 cm³/mol. The summed E-state index contributed by atoms with van der Waals surface area (Å²) in [6, 6.07) is 9.96. The highest BCUT2D eigenvalue weighted by atomic mass is 35.5. The van der Waals surface area contributed by atoms with E-state index in [1.165, 1.54) is 12.1 Å². The number of anilines is 1. The minimum atomic E-state index is -0.307. The first-order chi connectivity index (χ1) is 9.54. The number of nitrogen functional groups attached to an aromatic ring is 1. The van der Waals surface area contributed by atoms with Crippen molar-refractivity contribution in [3.63, 3.8) is 0 Å². The molecule has 0 aliphatic rings. The van der Waals surface area contributed by atoms with Gasteiger partial charge < -0.3 is 5.73 Å². The van der Waals surface area contributed by atoms with Crippen LogP contribution in [0.3, 0.4) is 0 Å². The molecule has 0 saturated heterocycles. The standard InChI is InChI=1S/C14H12Cl2FNS2/c15-9-1-2-13(16)14(5-9)20-4-3-19-12-7-10(17)6-11(18)8-12/h1-2,5-8H,3-4,18H2. The summed E-state index contributed by atoms with van der Waals surface area (Å²) in [6.45, 7) is 0. The van der Waals surface area contributed by atoms with E-state index in [1.54, 1.807) is 41.7 Å². The van der Waals surface area contributed by atoms with E-state index < -0.39 is 0 Å². The second-order valence-corrected chi connectivity index (χ2v) is 7.14. The third-order valence-electron chi connectivity index (χ3n) is 2.40. The van der Waals surface area contributed by atoms with Gasteiger partial charge in [-0.25, -0.2) is 4.39 Å². The maximum atomic E-state index is 13.2. The highest BCUT2D eigenvalue weighted by Gasteiger charge is 2.03. The highest BCUT2D eigenvalue weighted by Crippen LogP contribution is 2.31. The van der Waals surface area contributed by atoms with E-state index in [9.17, 15) is 4.39 Å². The van der Waals surface area contributed by atoms with E-state index in [1.807, 2.05) is 6.07 Å². The molecule has 0 amide bonds. The predicted octanol–water partition coefficient (Wildman–Crippen LogP) is 5.60. The number of nitrogens with two attached hydrogens (primary N) is 1. The van der Waals surface area contributed by atoms with Crippen molar-refractivity contribution in [1.82, 2.24) is 0 Å². The zero-order chi connectivity index (χ0) is 14.5. The molecule has 2 aromatic carbocycles. The van der Waals surface area contributed by atoms with Crippen molar-refractivity contribution in [1.29, 1.82) is 0 Å². The zero-order valence-corrected chi connectivity index (χ0v) is 13.6. The van der Waals surface area contributed by atoms with Crippen LogP contribution in [0.4, 0.5) is 10.1 Å². The van der Waals surface area contributed by atoms with Crippen LogP contribution in [0.5, 0.6) is 0 Å². The number of halogens is 3. The summed E-state index contributed by atoms with van der Waals surface area (Å²) < 4.78 is 13.2. The molecule has 0 atom stereocenters. The molecule has 0 heterocycles. The van der Waals surface area contributed by atoms with Crippen LogP contribution in [0.2, 0.25) is 10.0 Å². The molecule has 0 aliphatic carbocycles. The molecule has 106 valence electrons. The van der Waals surface area contributed by atoms with Gasteiger partial charge in [0.15, 0.2) is 0 Å². The number of hydrogen-bond acceptors (Lipinski definition) is 3. The Morgan fingerprint density at radius 2 is 1.75 bits per heavy atom. The first-order valence-electron chi connectivity index (χ1n) is 5.81. The topological polar surface area (TPSA) is 26.0 Å². The molecule has 0 spiro atoms. The van der Waals surface area contributed by atoms with E-state index in [-0.39, 0.29) is 5.82 Å². The van der Waals surface area contributed by atoms with E-state index >= 15 is 0 Å². The lowest BCUT2D eigenvalue weighted by atomic mass is 10.3. The van der Waals surface area contributed by atoms with Crippen molar-refractivity contribution in [3.8, 4) is 0 Å². The lowest BCUT2D eigenvalue weighted by molar-refractivity contribution is 0.625. The summed E-state index contributed by atoms with van der Waals surface area (Å²) in [5, 5.41) is 1.36. The molecule has 20 heavy (non-hydrogen) atoms. The maximum Gasteiger partial charge on any atom is 0.126 e. The van der Waals surface area contributed by atoms with Crippen LogP contribution in [0.15, 0.2) is 46.2 Å². The first kappa shape index (κ1) is 15.8. The van der Waals surface area contributed by atoms with Crippen molar-refractivity contribution in [3.05, 3.63) is 52.3 Å². The van der Waals surface area contributed by atoms with Crippen LogP contribution in [0.1, 0.15) is 0 Å². The van der Waals surface area contributed by atoms with Gasteiger partial charge in [-0.05, 0) is 36.4 Å². The molecular formula is C14H12Cl2FNS2.